The summed E-state index contributed by atoms with van der Waals surface area (Å²) in [6.45, 7) is -0.261. The zero-order valence-corrected chi connectivity index (χ0v) is 17.4. The second kappa shape index (κ2) is 9.51. The predicted octanol–water partition coefficient (Wildman–Crippen LogP) is 3.32. The molecule has 0 amide bonds. The molecule has 0 radical (unpaired) electrons. The average molecular weight is 464 g/mol. The van der Waals surface area contributed by atoms with Crippen LogP contribution >= 0.6 is 0 Å². The summed E-state index contributed by atoms with van der Waals surface area (Å²) in [7, 11) is -3.95. The predicted molar refractivity (Wildman–Crippen MR) is 112 cm³/mol. The summed E-state index contributed by atoms with van der Waals surface area (Å²) in [4.78, 5) is 11.1. The highest BCUT2D eigenvalue weighted by molar-refractivity contribution is 7.89. The first kappa shape index (κ1) is 23.5. The van der Waals surface area contributed by atoms with Gasteiger partial charge in [0.25, 0.3) is 0 Å². The number of carbonyl (C=O) groups is 1. The van der Waals surface area contributed by atoms with Gasteiger partial charge in [-0.25, -0.2) is 31.1 Å². The van der Waals surface area contributed by atoms with E-state index in [0.717, 1.165) is 0 Å². The maximum Gasteiger partial charge on any atom is 0.335 e. The Kier molecular flexibility index (Phi) is 6.97. The van der Waals surface area contributed by atoms with Gasteiger partial charge in [0.05, 0.1) is 10.5 Å². The Morgan fingerprint density at radius 2 is 1.59 bits per heavy atom. The Morgan fingerprint density at radius 1 is 0.938 bits per heavy atom. The largest absolute Gasteiger partial charge is 0.478 e. The van der Waals surface area contributed by atoms with Crippen molar-refractivity contribution in [1.29, 1.82) is 0 Å². The van der Waals surface area contributed by atoms with Crippen LogP contribution in [0.25, 0.3) is 11.1 Å². The molecule has 1 atom stereocenters. The monoisotopic (exact) mass is 464 g/mol. The minimum absolute atomic E-state index is 0.0538. The van der Waals surface area contributed by atoms with Crippen LogP contribution in [0.2, 0.25) is 0 Å². The molecule has 10 heteroatoms. The summed E-state index contributed by atoms with van der Waals surface area (Å²) in [5.74, 6) is -4.58. The van der Waals surface area contributed by atoms with Gasteiger partial charge in [-0.2, -0.15) is 0 Å². The standard InChI is InChI=1S/C22H19F3N2O4S/c23-19-11-21(25)20(24)10-16(19)9-17(26)12-27-32(30,31)18-6-4-13(5-7-18)14-2-1-3-15(8-14)22(28)29/h1-8,10-11,17,27H,9,12,26H2,(H,28,29)/t17-/m1/s1. The quantitative estimate of drug-likeness (QED) is 0.443. The van der Waals surface area contributed by atoms with Crippen LogP contribution in [0, 0.1) is 17.5 Å². The van der Waals surface area contributed by atoms with Gasteiger partial charge < -0.3 is 10.8 Å². The number of carboxylic acids is 1. The van der Waals surface area contributed by atoms with Gasteiger partial charge in [0.2, 0.25) is 10.0 Å². The van der Waals surface area contributed by atoms with Gasteiger partial charge in [-0.3, -0.25) is 0 Å². The fourth-order valence-electron chi connectivity index (χ4n) is 3.03. The number of nitrogens with two attached hydrogens (primary N) is 1. The number of hydrogen-bond acceptors (Lipinski definition) is 4. The molecule has 32 heavy (non-hydrogen) atoms. The first-order valence-corrected chi connectivity index (χ1v) is 10.9. The molecule has 0 aliphatic rings. The third kappa shape index (κ3) is 5.52. The number of benzene rings is 3. The molecule has 0 aromatic heterocycles. The fourth-order valence-corrected chi connectivity index (χ4v) is 4.13. The first-order chi connectivity index (χ1) is 15.1. The van der Waals surface area contributed by atoms with Crippen LogP contribution in [-0.2, 0) is 16.4 Å². The van der Waals surface area contributed by atoms with Crippen molar-refractivity contribution >= 4 is 16.0 Å². The lowest BCUT2D eigenvalue weighted by molar-refractivity contribution is 0.0697. The Labute approximate surface area is 182 Å². The lowest BCUT2D eigenvalue weighted by atomic mass is 10.0. The molecule has 0 saturated heterocycles. The molecular weight excluding hydrogens is 445 g/mol. The summed E-state index contributed by atoms with van der Waals surface area (Å²) in [5.41, 5.74) is 7.00. The number of rotatable bonds is 8. The highest BCUT2D eigenvalue weighted by Gasteiger charge is 2.18. The van der Waals surface area contributed by atoms with E-state index in [2.05, 4.69) is 4.72 Å². The van der Waals surface area contributed by atoms with Crippen molar-refractivity contribution in [3.8, 4) is 11.1 Å². The summed E-state index contributed by atoms with van der Waals surface area (Å²) < 4.78 is 67.4. The average Bonchev–Trinajstić information content (AvgIpc) is 2.76. The highest BCUT2D eigenvalue weighted by atomic mass is 32.2. The summed E-state index contributed by atoms with van der Waals surface area (Å²) >= 11 is 0. The molecule has 3 rings (SSSR count). The van der Waals surface area contributed by atoms with Crippen LogP contribution in [-0.4, -0.2) is 32.1 Å². The van der Waals surface area contributed by atoms with Gasteiger partial charge in [0.15, 0.2) is 11.6 Å². The molecule has 0 aliphatic heterocycles. The molecule has 0 fully saturated rings. The highest BCUT2D eigenvalue weighted by Crippen LogP contribution is 2.22. The Hall–Kier alpha value is -3.21. The van der Waals surface area contributed by atoms with Gasteiger partial charge in [-0.05, 0) is 53.4 Å². The van der Waals surface area contributed by atoms with Gasteiger partial charge in [0, 0.05) is 18.7 Å². The summed E-state index contributed by atoms with van der Waals surface area (Å²) in [5, 5.41) is 9.09. The number of halogens is 3. The fraction of sp³-hybridized carbons (Fsp3) is 0.136. The first-order valence-electron chi connectivity index (χ1n) is 9.39. The van der Waals surface area contributed by atoms with Gasteiger partial charge in [-0.1, -0.05) is 24.3 Å². The molecule has 0 unspecified atom stereocenters. The number of sulfonamides is 1. The van der Waals surface area contributed by atoms with Crippen molar-refractivity contribution in [2.45, 2.75) is 17.4 Å². The number of hydrogen-bond donors (Lipinski definition) is 3. The topological polar surface area (TPSA) is 109 Å². The van der Waals surface area contributed by atoms with Gasteiger partial charge >= 0.3 is 5.97 Å². The van der Waals surface area contributed by atoms with Crippen molar-refractivity contribution in [2.24, 2.45) is 5.73 Å². The lowest BCUT2D eigenvalue weighted by Crippen LogP contribution is -2.38. The molecule has 0 aliphatic carbocycles. The molecule has 4 N–H and O–H groups in total. The molecule has 0 spiro atoms. The van der Waals surface area contributed by atoms with E-state index in [1.54, 1.807) is 12.1 Å². The maximum atomic E-state index is 13.7. The molecule has 0 heterocycles. The van der Waals surface area contributed by atoms with E-state index in [0.29, 0.717) is 23.3 Å². The van der Waals surface area contributed by atoms with Gasteiger partial charge in [-0.15, -0.1) is 0 Å². The van der Waals surface area contributed by atoms with E-state index < -0.39 is 39.5 Å². The minimum Gasteiger partial charge on any atom is -0.478 e. The molecule has 3 aromatic rings. The third-order valence-corrected chi connectivity index (χ3v) is 6.15. The molecule has 168 valence electrons. The SMILES string of the molecule is N[C@@H](CNS(=O)(=O)c1ccc(-c2cccc(C(=O)O)c2)cc1)Cc1cc(F)c(F)cc1F. The zero-order valence-electron chi connectivity index (χ0n) is 16.6. The van der Waals surface area contributed by atoms with Crippen molar-refractivity contribution in [3.63, 3.8) is 0 Å². The van der Waals surface area contributed by atoms with Crippen LogP contribution in [0.4, 0.5) is 13.2 Å². The summed E-state index contributed by atoms with van der Waals surface area (Å²) in [6, 6.07) is 12.2. The minimum atomic E-state index is -3.95. The van der Waals surface area contributed by atoms with Crippen LogP contribution in [0.1, 0.15) is 15.9 Å². The lowest BCUT2D eigenvalue weighted by Gasteiger charge is -2.14. The number of aromatic carboxylic acids is 1. The smallest absolute Gasteiger partial charge is 0.335 e. The zero-order chi connectivity index (χ0) is 23.5. The molecule has 0 saturated carbocycles. The van der Waals surface area contributed by atoms with E-state index in [-0.39, 0.29) is 29.0 Å². The Morgan fingerprint density at radius 3 is 2.25 bits per heavy atom. The van der Waals surface area contributed by atoms with E-state index in [1.807, 2.05) is 0 Å². The normalized spacial score (nSPS) is 12.5. The van der Waals surface area contributed by atoms with E-state index >= 15 is 0 Å². The van der Waals surface area contributed by atoms with Crippen molar-refractivity contribution < 1.29 is 31.5 Å². The van der Waals surface area contributed by atoms with Crippen LogP contribution in [0.3, 0.4) is 0 Å². The van der Waals surface area contributed by atoms with E-state index in [9.17, 15) is 26.4 Å². The Bertz CT molecular complexity index is 1250. The van der Waals surface area contributed by atoms with Crippen molar-refractivity contribution in [3.05, 3.63) is 89.2 Å². The molecule has 0 bridgehead atoms. The second-order valence-corrected chi connectivity index (χ2v) is 8.85. The number of carboxylic acid groups (broad SMARTS) is 1. The summed E-state index contributed by atoms with van der Waals surface area (Å²) in [6.07, 6.45) is -0.204. The van der Waals surface area contributed by atoms with Crippen molar-refractivity contribution in [1.82, 2.24) is 4.72 Å². The van der Waals surface area contributed by atoms with E-state index in [1.165, 1.54) is 36.4 Å². The van der Waals surface area contributed by atoms with Crippen LogP contribution in [0.15, 0.2) is 65.6 Å². The van der Waals surface area contributed by atoms with Crippen LogP contribution < -0.4 is 10.5 Å². The molecule has 3 aromatic carbocycles. The van der Waals surface area contributed by atoms with Gasteiger partial charge in [0.1, 0.15) is 5.82 Å². The maximum absolute atomic E-state index is 13.7. The third-order valence-electron chi connectivity index (χ3n) is 4.71. The second-order valence-electron chi connectivity index (χ2n) is 7.08. The molecular formula is C22H19F3N2O4S. The Balaban J connectivity index is 1.67. The van der Waals surface area contributed by atoms with Crippen LogP contribution in [0.5, 0.6) is 0 Å². The van der Waals surface area contributed by atoms with E-state index in [4.69, 9.17) is 10.8 Å². The number of nitrogens with one attached hydrogen (secondary N) is 1. The van der Waals surface area contributed by atoms with Crippen molar-refractivity contribution in [2.75, 3.05) is 6.54 Å². The molecule has 6 nitrogen and oxygen atoms in total.